The summed E-state index contributed by atoms with van der Waals surface area (Å²) in [6.07, 6.45) is 1.10. The first-order valence-electron chi connectivity index (χ1n) is 6.60. The van der Waals surface area contributed by atoms with Gasteiger partial charge in [-0.05, 0) is 36.5 Å². The number of aryl methyl sites for hydroxylation is 1. The molecule has 1 unspecified atom stereocenters. The van der Waals surface area contributed by atoms with Crippen LogP contribution in [0.1, 0.15) is 32.8 Å². The lowest BCUT2D eigenvalue weighted by Gasteiger charge is -2.31. The first-order chi connectivity index (χ1) is 8.86. The zero-order valence-corrected chi connectivity index (χ0v) is 12.8. The van der Waals surface area contributed by atoms with Gasteiger partial charge in [0.2, 0.25) is 0 Å². The normalized spacial score (nSPS) is 20.1. The lowest BCUT2D eigenvalue weighted by molar-refractivity contribution is 0.316. The molecule has 0 saturated heterocycles. The smallest absolute Gasteiger partial charge is 0.161 e. The van der Waals surface area contributed by atoms with E-state index in [-0.39, 0.29) is 11.2 Å². The summed E-state index contributed by atoms with van der Waals surface area (Å²) in [5.41, 5.74) is 1.60. The second kappa shape index (κ2) is 5.53. The summed E-state index contributed by atoms with van der Waals surface area (Å²) < 4.78 is 13.5. The molecule has 0 aromatic heterocycles. The third-order valence-electron chi connectivity index (χ3n) is 3.33. The van der Waals surface area contributed by atoms with Crippen LogP contribution < -0.4 is 5.32 Å². The number of rotatable bonds is 1. The van der Waals surface area contributed by atoms with Crippen LogP contribution >= 0.6 is 11.8 Å². The van der Waals surface area contributed by atoms with Gasteiger partial charge in [-0.3, -0.25) is 4.99 Å². The Morgan fingerprint density at radius 1 is 1.37 bits per heavy atom. The molecule has 1 aromatic carbocycles. The quantitative estimate of drug-likeness (QED) is 0.821. The minimum Gasteiger partial charge on any atom is -0.335 e. The number of hydrogen-bond acceptors (Lipinski definition) is 3. The summed E-state index contributed by atoms with van der Waals surface area (Å²) in [5, 5.41) is 4.12. The van der Waals surface area contributed by atoms with Crippen LogP contribution in [0.2, 0.25) is 0 Å². The van der Waals surface area contributed by atoms with Crippen LogP contribution in [0.3, 0.4) is 0 Å². The molecule has 1 aliphatic heterocycles. The van der Waals surface area contributed by atoms with Crippen molar-refractivity contribution in [2.75, 3.05) is 11.1 Å². The van der Waals surface area contributed by atoms with Crippen molar-refractivity contribution in [1.29, 1.82) is 0 Å². The Morgan fingerprint density at radius 3 is 2.74 bits per heavy atom. The van der Waals surface area contributed by atoms with Gasteiger partial charge >= 0.3 is 0 Å². The Morgan fingerprint density at radius 2 is 2.11 bits per heavy atom. The van der Waals surface area contributed by atoms with E-state index in [9.17, 15) is 4.39 Å². The van der Waals surface area contributed by atoms with Crippen LogP contribution in [0.15, 0.2) is 23.2 Å². The van der Waals surface area contributed by atoms with Gasteiger partial charge < -0.3 is 5.32 Å². The molecule has 1 aliphatic rings. The number of hydrogen-bond donors (Lipinski definition) is 1. The van der Waals surface area contributed by atoms with Crippen molar-refractivity contribution in [3.05, 3.63) is 29.6 Å². The van der Waals surface area contributed by atoms with Crippen LogP contribution in [-0.2, 0) is 0 Å². The topological polar surface area (TPSA) is 24.4 Å². The molecule has 0 amide bonds. The molecule has 104 valence electrons. The van der Waals surface area contributed by atoms with Crippen LogP contribution in [-0.4, -0.2) is 17.0 Å². The van der Waals surface area contributed by atoms with Crippen LogP contribution in [0, 0.1) is 18.2 Å². The molecule has 0 fully saturated rings. The van der Waals surface area contributed by atoms with Gasteiger partial charge in [0.25, 0.3) is 0 Å². The van der Waals surface area contributed by atoms with Gasteiger partial charge in [-0.2, -0.15) is 0 Å². The zero-order valence-electron chi connectivity index (χ0n) is 12.0. The van der Waals surface area contributed by atoms with E-state index in [0.29, 0.717) is 11.6 Å². The highest BCUT2D eigenvalue weighted by Crippen LogP contribution is 2.31. The summed E-state index contributed by atoms with van der Waals surface area (Å²) in [7, 11) is 0. The average molecular weight is 280 g/mol. The molecule has 0 bridgehead atoms. The molecule has 0 radical (unpaired) electrons. The van der Waals surface area contributed by atoms with Gasteiger partial charge in [0.1, 0.15) is 5.82 Å². The van der Waals surface area contributed by atoms with Crippen molar-refractivity contribution in [3.8, 4) is 0 Å². The zero-order chi connectivity index (χ0) is 14.0. The molecule has 19 heavy (non-hydrogen) atoms. The molecule has 4 heteroatoms. The van der Waals surface area contributed by atoms with Gasteiger partial charge in [-0.1, -0.05) is 38.6 Å². The van der Waals surface area contributed by atoms with Gasteiger partial charge in [-0.15, -0.1) is 0 Å². The summed E-state index contributed by atoms with van der Waals surface area (Å²) in [6, 6.07) is 5.53. The van der Waals surface area contributed by atoms with Crippen molar-refractivity contribution >= 4 is 22.6 Å². The summed E-state index contributed by atoms with van der Waals surface area (Å²) in [5.74, 6) is 0.876. The number of amidine groups is 1. The molecule has 0 saturated carbocycles. The standard InChI is InChI=1S/C15H21FN2S/c1-10-5-6-11(9-12(10)16)17-14-18-13(7-8-19-14)15(2,3)4/h5-6,9,13H,7-8H2,1-4H3,(H,17,18). The molecule has 1 N–H and O–H groups in total. The fraction of sp³-hybridized carbons (Fsp3) is 0.533. The number of nitrogens with one attached hydrogen (secondary N) is 1. The van der Waals surface area contributed by atoms with Crippen molar-refractivity contribution in [2.24, 2.45) is 10.4 Å². The van der Waals surface area contributed by atoms with Crippen molar-refractivity contribution in [3.63, 3.8) is 0 Å². The number of thioether (sulfide) groups is 1. The van der Waals surface area contributed by atoms with E-state index < -0.39 is 0 Å². The maximum atomic E-state index is 13.5. The predicted molar refractivity (Wildman–Crippen MR) is 82.5 cm³/mol. The van der Waals surface area contributed by atoms with E-state index >= 15 is 0 Å². The second-order valence-electron chi connectivity index (χ2n) is 6.04. The molecule has 1 aromatic rings. The second-order valence-corrected chi connectivity index (χ2v) is 7.13. The highest BCUT2D eigenvalue weighted by Gasteiger charge is 2.27. The first-order valence-corrected chi connectivity index (χ1v) is 7.58. The fourth-order valence-corrected chi connectivity index (χ4v) is 2.93. The van der Waals surface area contributed by atoms with Crippen molar-refractivity contribution < 1.29 is 4.39 Å². The van der Waals surface area contributed by atoms with E-state index in [1.54, 1.807) is 24.8 Å². The maximum absolute atomic E-state index is 13.5. The largest absolute Gasteiger partial charge is 0.335 e. The average Bonchev–Trinajstić information content (AvgIpc) is 2.33. The Kier molecular flexibility index (Phi) is 4.19. The van der Waals surface area contributed by atoms with Crippen molar-refractivity contribution in [2.45, 2.75) is 40.2 Å². The first kappa shape index (κ1) is 14.4. The van der Waals surface area contributed by atoms with E-state index in [4.69, 9.17) is 4.99 Å². The Bertz CT molecular complexity index is 491. The molecule has 1 heterocycles. The Hall–Kier alpha value is -1.03. The monoisotopic (exact) mass is 280 g/mol. The molecule has 0 spiro atoms. The number of anilines is 1. The molecule has 2 nitrogen and oxygen atoms in total. The van der Waals surface area contributed by atoms with E-state index in [2.05, 4.69) is 26.1 Å². The lowest BCUT2D eigenvalue weighted by atomic mass is 9.85. The van der Waals surface area contributed by atoms with Crippen LogP contribution in [0.4, 0.5) is 10.1 Å². The summed E-state index contributed by atoms with van der Waals surface area (Å²) in [6.45, 7) is 8.39. The van der Waals surface area contributed by atoms with Gasteiger partial charge in [0.15, 0.2) is 5.17 Å². The molecular formula is C15H21FN2S. The maximum Gasteiger partial charge on any atom is 0.161 e. The Labute approximate surface area is 118 Å². The highest BCUT2D eigenvalue weighted by atomic mass is 32.2. The van der Waals surface area contributed by atoms with Crippen LogP contribution in [0.25, 0.3) is 0 Å². The van der Waals surface area contributed by atoms with Gasteiger partial charge in [-0.25, -0.2) is 4.39 Å². The minimum absolute atomic E-state index is 0.173. The Balaban J connectivity index is 2.14. The molecular weight excluding hydrogens is 259 g/mol. The minimum atomic E-state index is -0.182. The predicted octanol–water partition coefficient (Wildman–Crippen LogP) is 4.45. The number of aliphatic imine (C=N–C) groups is 1. The summed E-state index contributed by atoms with van der Waals surface area (Å²) in [4.78, 5) is 4.75. The van der Waals surface area contributed by atoms with Gasteiger partial charge in [0, 0.05) is 11.4 Å². The summed E-state index contributed by atoms with van der Waals surface area (Å²) >= 11 is 1.70. The number of nitrogens with zero attached hydrogens (tertiary/aromatic N) is 1. The third-order valence-corrected chi connectivity index (χ3v) is 4.25. The van der Waals surface area contributed by atoms with Crippen LogP contribution in [0.5, 0.6) is 0 Å². The number of halogens is 1. The van der Waals surface area contributed by atoms with E-state index in [0.717, 1.165) is 23.0 Å². The third kappa shape index (κ3) is 3.72. The highest BCUT2D eigenvalue weighted by molar-refractivity contribution is 8.14. The van der Waals surface area contributed by atoms with Crippen molar-refractivity contribution in [1.82, 2.24) is 0 Å². The molecule has 1 atom stereocenters. The lowest BCUT2D eigenvalue weighted by Crippen LogP contribution is -2.30. The molecule has 0 aliphatic carbocycles. The number of benzene rings is 1. The molecule has 2 rings (SSSR count). The van der Waals surface area contributed by atoms with E-state index in [1.807, 2.05) is 6.07 Å². The fourth-order valence-electron chi connectivity index (χ4n) is 2.00. The van der Waals surface area contributed by atoms with E-state index in [1.165, 1.54) is 6.07 Å². The SMILES string of the molecule is Cc1ccc(NC2=NC(C(C)(C)C)CCS2)cc1F. The van der Waals surface area contributed by atoms with Gasteiger partial charge in [0.05, 0.1) is 6.04 Å².